The Balaban J connectivity index is 1.81. The molecule has 1 heterocycles. The highest BCUT2D eigenvalue weighted by molar-refractivity contribution is 7.07. The van der Waals surface area contributed by atoms with Gasteiger partial charge in [0.05, 0.1) is 6.10 Å². The number of hydrogen-bond donors (Lipinski definition) is 1. The van der Waals surface area contributed by atoms with E-state index in [2.05, 4.69) is 28.8 Å². The Bertz CT molecular complexity index is 501. The Hall–Kier alpha value is -0.870. The van der Waals surface area contributed by atoms with Crippen LogP contribution in [0.2, 0.25) is 5.02 Å². The Morgan fingerprint density at radius 3 is 2.89 bits per heavy atom. The maximum atomic E-state index is 10.1. The fourth-order valence-electron chi connectivity index (χ4n) is 2.00. The zero-order valence-corrected chi connectivity index (χ0v) is 12.5. The van der Waals surface area contributed by atoms with Crippen LogP contribution in [0.25, 0.3) is 0 Å². The molecule has 4 heteroatoms. The molecule has 0 aliphatic rings. The van der Waals surface area contributed by atoms with Crippen molar-refractivity contribution in [3.05, 3.63) is 57.2 Å². The SMILES string of the molecule is CN(CCC(O)c1cccc(Cl)c1)Cc1ccsc1. The minimum Gasteiger partial charge on any atom is -0.388 e. The lowest BCUT2D eigenvalue weighted by Gasteiger charge is -2.18. The van der Waals surface area contributed by atoms with Crippen molar-refractivity contribution in [2.45, 2.75) is 19.1 Å². The van der Waals surface area contributed by atoms with Crippen LogP contribution in [-0.4, -0.2) is 23.6 Å². The Labute approximate surface area is 123 Å². The molecule has 0 amide bonds. The van der Waals surface area contributed by atoms with Gasteiger partial charge in [-0.25, -0.2) is 0 Å². The number of rotatable bonds is 6. The van der Waals surface area contributed by atoms with Crippen molar-refractivity contribution in [3.63, 3.8) is 0 Å². The average Bonchev–Trinajstić information content (AvgIpc) is 2.88. The lowest BCUT2D eigenvalue weighted by atomic mass is 10.1. The molecule has 0 aliphatic carbocycles. The molecule has 1 aromatic heterocycles. The van der Waals surface area contributed by atoms with Crippen LogP contribution in [0.4, 0.5) is 0 Å². The summed E-state index contributed by atoms with van der Waals surface area (Å²) in [6.45, 7) is 1.77. The topological polar surface area (TPSA) is 23.5 Å². The predicted molar refractivity (Wildman–Crippen MR) is 81.7 cm³/mol. The summed E-state index contributed by atoms with van der Waals surface area (Å²) < 4.78 is 0. The predicted octanol–water partition coefficient (Wildman–Crippen LogP) is 3.96. The van der Waals surface area contributed by atoms with Crippen LogP contribution in [0.1, 0.15) is 23.7 Å². The van der Waals surface area contributed by atoms with Crippen molar-refractivity contribution >= 4 is 22.9 Å². The van der Waals surface area contributed by atoms with Gasteiger partial charge in [0, 0.05) is 18.1 Å². The Morgan fingerprint density at radius 1 is 1.37 bits per heavy atom. The first-order valence-corrected chi connectivity index (χ1v) is 7.60. The van der Waals surface area contributed by atoms with E-state index in [0.717, 1.165) is 18.7 Å². The van der Waals surface area contributed by atoms with Crippen LogP contribution in [-0.2, 0) is 6.54 Å². The Kier molecular flexibility index (Phi) is 5.40. The van der Waals surface area contributed by atoms with E-state index in [1.165, 1.54) is 5.56 Å². The summed E-state index contributed by atoms with van der Waals surface area (Å²) in [7, 11) is 2.07. The molecule has 0 bridgehead atoms. The molecule has 0 spiro atoms. The molecule has 2 rings (SSSR count). The fraction of sp³-hybridized carbons (Fsp3) is 0.333. The summed E-state index contributed by atoms with van der Waals surface area (Å²) >= 11 is 7.64. The standard InChI is InChI=1S/C15H18ClNOS/c1-17(10-12-6-8-19-11-12)7-5-15(18)13-3-2-4-14(16)9-13/h2-4,6,8-9,11,15,18H,5,7,10H2,1H3. The molecule has 1 N–H and O–H groups in total. The summed E-state index contributed by atoms with van der Waals surface area (Å²) in [5.41, 5.74) is 2.21. The lowest BCUT2D eigenvalue weighted by molar-refractivity contribution is 0.147. The Morgan fingerprint density at radius 2 is 2.21 bits per heavy atom. The zero-order chi connectivity index (χ0) is 13.7. The van der Waals surface area contributed by atoms with Crippen molar-refractivity contribution in [2.24, 2.45) is 0 Å². The first-order valence-electron chi connectivity index (χ1n) is 6.28. The van der Waals surface area contributed by atoms with Crippen LogP contribution < -0.4 is 0 Å². The monoisotopic (exact) mass is 295 g/mol. The minimum atomic E-state index is -0.455. The maximum Gasteiger partial charge on any atom is 0.0802 e. The molecule has 19 heavy (non-hydrogen) atoms. The first-order chi connectivity index (χ1) is 9.15. The van der Waals surface area contributed by atoms with E-state index in [9.17, 15) is 5.11 Å². The molecular formula is C15H18ClNOS. The van der Waals surface area contributed by atoms with Gasteiger partial charge in [0.1, 0.15) is 0 Å². The largest absolute Gasteiger partial charge is 0.388 e. The van der Waals surface area contributed by atoms with Crippen LogP contribution in [0.15, 0.2) is 41.1 Å². The molecule has 1 aromatic carbocycles. The van der Waals surface area contributed by atoms with E-state index in [0.29, 0.717) is 11.4 Å². The van der Waals surface area contributed by atoms with Crippen LogP contribution in [0.3, 0.4) is 0 Å². The van der Waals surface area contributed by atoms with Gasteiger partial charge in [-0.1, -0.05) is 23.7 Å². The molecule has 0 radical (unpaired) electrons. The number of thiophene rings is 1. The van der Waals surface area contributed by atoms with Gasteiger partial charge in [-0.3, -0.25) is 0 Å². The lowest BCUT2D eigenvalue weighted by Crippen LogP contribution is -2.20. The highest BCUT2D eigenvalue weighted by Gasteiger charge is 2.09. The second-order valence-corrected chi connectivity index (χ2v) is 5.95. The van der Waals surface area contributed by atoms with Gasteiger partial charge < -0.3 is 10.0 Å². The van der Waals surface area contributed by atoms with Crippen LogP contribution in [0.5, 0.6) is 0 Å². The number of benzene rings is 1. The molecule has 0 saturated carbocycles. The van der Waals surface area contributed by atoms with E-state index in [1.54, 1.807) is 11.3 Å². The molecule has 102 valence electrons. The van der Waals surface area contributed by atoms with Crippen molar-refractivity contribution in [3.8, 4) is 0 Å². The summed E-state index contributed by atoms with van der Waals surface area (Å²) in [5.74, 6) is 0. The van der Waals surface area contributed by atoms with Gasteiger partial charge in [0.2, 0.25) is 0 Å². The molecule has 1 atom stereocenters. The molecule has 1 unspecified atom stereocenters. The highest BCUT2D eigenvalue weighted by atomic mass is 35.5. The third-order valence-corrected chi connectivity index (χ3v) is 4.02. The number of nitrogens with zero attached hydrogens (tertiary/aromatic N) is 1. The third-order valence-electron chi connectivity index (χ3n) is 3.05. The second kappa shape index (κ2) is 7.06. The van der Waals surface area contributed by atoms with Crippen LogP contribution >= 0.6 is 22.9 Å². The molecule has 0 aliphatic heterocycles. The molecular weight excluding hydrogens is 278 g/mol. The summed E-state index contributed by atoms with van der Waals surface area (Å²) in [5, 5.41) is 15.1. The van der Waals surface area contributed by atoms with Gasteiger partial charge in [0.15, 0.2) is 0 Å². The van der Waals surface area contributed by atoms with Gasteiger partial charge in [-0.2, -0.15) is 11.3 Å². The summed E-state index contributed by atoms with van der Waals surface area (Å²) in [6.07, 6.45) is 0.254. The third kappa shape index (κ3) is 4.62. The first kappa shape index (κ1) is 14.5. The van der Waals surface area contributed by atoms with E-state index >= 15 is 0 Å². The van der Waals surface area contributed by atoms with Gasteiger partial charge in [-0.15, -0.1) is 0 Å². The molecule has 0 fully saturated rings. The van der Waals surface area contributed by atoms with Crippen molar-refractivity contribution < 1.29 is 5.11 Å². The second-order valence-electron chi connectivity index (χ2n) is 4.73. The van der Waals surface area contributed by atoms with Crippen molar-refractivity contribution in [1.82, 2.24) is 4.90 Å². The van der Waals surface area contributed by atoms with E-state index in [-0.39, 0.29) is 0 Å². The average molecular weight is 296 g/mol. The number of aliphatic hydroxyl groups is 1. The zero-order valence-electron chi connectivity index (χ0n) is 10.9. The fourth-order valence-corrected chi connectivity index (χ4v) is 2.86. The van der Waals surface area contributed by atoms with Crippen LogP contribution in [0, 0.1) is 0 Å². The summed E-state index contributed by atoms with van der Waals surface area (Å²) in [4.78, 5) is 2.22. The molecule has 0 saturated heterocycles. The molecule has 2 aromatic rings. The van der Waals surface area contributed by atoms with E-state index < -0.39 is 6.10 Å². The van der Waals surface area contributed by atoms with Gasteiger partial charge in [-0.05, 0) is 53.6 Å². The normalized spacial score (nSPS) is 12.8. The number of aliphatic hydroxyl groups excluding tert-OH is 1. The number of halogens is 1. The van der Waals surface area contributed by atoms with Gasteiger partial charge in [0.25, 0.3) is 0 Å². The van der Waals surface area contributed by atoms with E-state index in [4.69, 9.17) is 11.6 Å². The van der Waals surface area contributed by atoms with Crippen molar-refractivity contribution in [2.75, 3.05) is 13.6 Å². The maximum absolute atomic E-state index is 10.1. The van der Waals surface area contributed by atoms with Crippen molar-refractivity contribution in [1.29, 1.82) is 0 Å². The molecule has 2 nitrogen and oxygen atoms in total. The quantitative estimate of drug-likeness (QED) is 0.872. The number of hydrogen-bond acceptors (Lipinski definition) is 3. The minimum absolute atomic E-state index is 0.455. The smallest absolute Gasteiger partial charge is 0.0802 e. The highest BCUT2D eigenvalue weighted by Crippen LogP contribution is 2.20. The van der Waals surface area contributed by atoms with Gasteiger partial charge >= 0.3 is 0 Å². The summed E-state index contributed by atoms with van der Waals surface area (Å²) in [6, 6.07) is 9.56. The van der Waals surface area contributed by atoms with E-state index in [1.807, 2.05) is 24.3 Å².